The van der Waals surface area contributed by atoms with Crippen molar-refractivity contribution in [2.45, 2.75) is 83.3 Å². The second-order valence-corrected chi connectivity index (χ2v) is 11.4. The Morgan fingerprint density at radius 1 is 1.24 bits per heavy atom. The minimum Gasteiger partial charge on any atom is -0.338 e. The smallest absolute Gasteiger partial charge is 0.317 e. The number of hydrogen-bond donors (Lipinski definition) is 1. The van der Waals surface area contributed by atoms with Gasteiger partial charge in [0.1, 0.15) is 0 Å². The summed E-state index contributed by atoms with van der Waals surface area (Å²) in [5, 5.41) is 3.02. The fourth-order valence-electron chi connectivity index (χ4n) is 4.66. The lowest BCUT2D eigenvalue weighted by atomic mass is 9.95. The molecule has 0 spiro atoms. The van der Waals surface area contributed by atoms with Gasteiger partial charge in [0.25, 0.3) is 0 Å². The molecule has 1 aliphatic carbocycles. The maximum Gasteiger partial charge on any atom is 0.317 e. The van der Waals surface area contributed by atoms with Gasteiger partial charge in [0, 0.05) is 19.1 Å². The van der Waals surface area contributed by atoms with E-state index in [1.165, 1.54) is 6.42 Å². The van der Waals surface area contributed by atoms with Crippen LogP contribution in [0, 0.1) is 12.8 Å². The van der Waals surface area contributed by atoms with Crippen molar-refractivity contribution in [3.63, 3.8) is 0 Å². The first kappa shape index (κ1) is 25.3. The van der Waals surface area contributed by atoms with E-state index in [1.54, 1.807) is 11.1 Å². The zero-order chi connectivity index (χ0) is 24.0. The van der Waals surface area contributed by atoms with Crippen molar-refractivity contribution in [2.75, 3.05) is 13.1 Å². The van der Waals surface area contributed by atoms with E-state index >= 15 is 0 Å². The number of carbonyl (C=O) groups excluding carboxylic acids is 1. The highest BCUT2D eigenvalue weighted by atomic mass is 32.2. The number of benzene rings is 1. The van der Waals surface area contributed by atoms with Crippen molar-refractivity contribution in [3.8, 4) is 0 Å². The van der Waals surface area contributed by atoms with E-state index in [0.717, 1.165) is 42.5 Å². The zero-order valence-corrected chi connectivity index (χ0v) is 21.2. The third-order valence-electron chi connectivity index (χ3n) is 6.05. The van der Waals surface area contributed by atoms with Gasteiger partial charge >= 0.3 is 6.03 Å². The van der Waals surface area contributed by atoms with Gasteiger partial charge in [-0.3, -0.25) is 0 Å². The lowest BCUT2D eigenvalue weighted by Crippen LogP contribution is -2.41. The molecular weight excluding hydrogens is 436 g/mol. The number of rotatable bonds is 9. The van der Waals surface area contributed by atoms with Crippen LogP contribution in [0.1, 0.15) is 75.7 Å². The van der Waals surface area contributed by atoms with Crippen molar-refractivity contribution < 1.29 is 13.2 Å². The second-order valence-electron chi connectivity index (χ2n) is 9.55. The number of nitrogens with one attached hydrogen (secondary N) is 1. The van der Waals surface area contributed by atoms with Gasteiger partial charge in [0.15, 0.2) is 0 Å². The molecule has 0 bridgehead atoms. The van der Waals surface area contributed by atoms with Crippen molar-refractivity contribution >= 4 is 15.9 Å². The molecule has 0 unspecified atom stereocenters. The average molecular weight is 475 g/mol. The van der Waals surface area contributed by atoms with Crippen LogP contribution in [0.25, 0.3) is 0 Å². The number of imidazole rings is 1. The zero-order valence-electron chi connectivity index (χ0n) is 20.4. The molecule has 182 valence electrons. The summed E-state index contributed by atoms with van der Waals surface area (Å²) in [5.74, 6) is 0.215. The summed E-state index contributed by atoms with van der Waals surface area (Å²) in [7, 11) is -3.65. The largest absolute Gasteiger partial charge is 0.338 e. The van der Waals surface area contributed by atoms with E-state index < -0.39 is 9.84 Å². The van der Waals surface area contributed by atoms with Gasteiger partial charge in [-0.05, 0) is 38.2 Å². The molecule has 33 heavy (non-hydrogen) atoms. The molecule has 1 heterocycles. The molecule has 0 atom stereocenters. The van der Waals surface area contributed by atoms with Crippen LogP contribution < -0.4 is 5.32 Å². The molecule has 3 rings (SSSR count). The standard InChI is InChI=1S/C25H38N4O3S/c1-5-26-24(30)28(16-19(2)3)17-23-15-27-25(29(23)22-12-7-6-8-13-22)33(31,32)18-21-11-9-10-20(4)14-21/h9-11,14-15,19,22H,5-8,12-13,16-18H2,1-4H3,(H,26,30). The van der Waals surface area contributed by atoms with Crippen LogP contribution in [-0.4, -0.2) is 42.0 Å². The van der Waals surface area contributed by atoms with E-state index in [-0.39, 0.29) is 23.0 Å². The lowest BCUT2D eigenvalue weighted by Gasteiger charge is -2.29. The molecule has 0 saturated heterocycles. The predicted octanol–water partition coefficient (Wildman–Crippen LogP) is 4.86. The molecule has 1 aliphatic rings. The molecule has 1 fully saturated rings. The van der Waals surface area contributed by atoms with Crippen LogP contribution >= 0.6 is 0 Å². The summed E-state index contributed by atoms with van der Waals surface area (Å²) in [6, 6.07) is 7.56. The van der Waals surface area contributed by atoms with Crippen molar-refractivity contribution in [1.82, 2.24) is 19.8 Å². The molecule has 0 radical (unpaired) electrons. The molecule has 7 nitrogen and oxygen atoms in total. The average Bonchev–Trinajstić information content (AvgIpc) is 3.18. The number of urea groups is 1. The molecule has 1 N–H and O–H groups in total. The first-order chi connectivity index (χ1) is 15.7. The van der Waals surface area contributed by atoms with E-state index in [1.807, 2.05) is 42.7 Å². The normalized spacial score (nSPS) is 15.1. The first-order valence-electron chi connectivity index (χ1n) is 12.1. The van der Waals surface area contributed by atoms with E-state index in [0.29, 0.717) is 25.6 Å². The fourth-order valence-corrected chi connectivity index (χ4v) is 6.19. The van der Waals surface area contributed by atoms with Gasteiger partial charge in [0.2, 0.25) is 15.0 Å². The van der Waals surface area contributed by atoms with Crippen LogP contribution in [0.3, 0.4) is 0 Å². The minimum absolute atomic E-state index is 0.0795. The first-order valence-corrected chi connectivity index (χ1v) is 13.7. The number of amides is 2. The maximum absolute atomic E-state index is 13.5. The lowest BCUT2D eigenvalue weighted by molar-refractivity contribution is 0.185. The van der Waals surface area contributed by atoms with Gasteiger partial charge in [-0.2, -0.15) is 0 Å². The summed E-state index contributed by atoms with van der Waals surface area (Å²) in [4.78, 5) is 18.9. The van der Waals surface area contributed by atoms with Crippen molar-refractivity contribution in [2.24, 2.45) is 5.92 Å². The number of hydrogen-bond acceptors (Lipinski definition) is 4. The van der Waals surface area contributed by atoms with Crippen molar-refractivity contribution in [3.05, 3.63) is 47.3 Å². The summed E-state index contributed by atoms with van der Waals surface area (Å²) >= 11 is 0. The second kappa shape index (κ2) is 11.2. The number of sulfone groups is 1. The van der Waals surface area contributed by atoms with Crippen LogP contribution in [0.15, 0.2) is 35.6 Å². The Labute approximate surface area is 198 Å². The van der Waals surface area contributed by atoms with E-state index in [2.05, 4.69) is 24.1 Å². The Morgan fingerprint density at radius 2 is 1.97 bits per heavy atom. The Hall–Kier alpha value is -2.35. The molecule has 1 saturated carbocycles. The molecule has 2 amide bonds. The predicted molar refractivity (Wildman–Crippen MR) is 131 cm³/mol. The highest BCUT2D eigenvalue weighted by molar-refractivity contribution is 7.90. The number of aromatic nitrogens is 2. The van der Waals surface area contributed by atoms with Crippen LogP contribution in [0.5, 0.6) is 0 Å². The van der Waals surface area contributed by atoms with Gasteiger partial charge < -0.3 is 14.8 Å². The van der Waals surface area contributed by atoms with Gasteiger partial charge in [0.05, 0.1) is 24.2 Å². The Morgan fingerprint density at radius 3 is 2.61 bits per heavy atom. The molecule has 2 aromatic rings. The maximum atomic E-state index is 13.5. The Bertz CT molecular complexity index is 1040. The summed E-state index contributed by atoms with van der Waals surface area (Å²) in [6.45, 7) is 9.48. The van der Waals surface area contributed by atoms with Gasteiger partial charge in [-0.25, -0.2) is 18.2 Å². The minimum atomic E-state index is -3.65. The Balaban J connectivity index is 1.98. The number of carbonyl (C=O) groups is 1. The third kappa shape index (κ3) is 6.59. The van der Waals surface area contributed by atoms with Crippen LogP contribution in [-0.2, 0) is 22.1 Å². The molecule has 1 aromatic heterocycles. The quantitative estimate of drug-likeness (QED) is 0.563. The van der Waals surface area contributed by atoms with Crippen LogP contribution in [0.4, 0.5) is 4.79 Å². The monoisotopic (exact) mass is 474 g/mol. The number of nitrogens with zero attached hydrogens (tertiary/aromatic N) is 3. The van der Waals surface area contributed by atoms with Crippen molar-refractivity contribution in [1.29, 1.82) is 0 Å². The highest BCUT2D eigenvalue weighted by Crippen LogP contribution is 2.33. The SMILES string of the molecule is CCNC(=O)N(Cc1cnc(S(=O)(=O)Cc2cccc(C)c2)n1C1CCCCC1)CC(C)C. The van der Waals surface area contributed by atoms with Gasteiger partial charge in [-0.15, -0.1) is 0 Å². The Kier molecular flexibility index (Phi) is 8.57. The molecule has 8 heteroatoms. The fraction of sp³-hybridized carbons (Fsp3) is 0.600. The topological polar surface area (TPSA) is 84.3 Å². The van der Waals surface area contributed by atoms with E-state index in [4.69, 9.17) is 0 Å². The summed E-state index contributed by atoms with van der Waals surface area (Å²) in [5.41, 5.74) is 2.58. The highest BCUT2D eigenvalue weighted by Gasteiger charge is 2.30. The van der Waals surface area contributed by atoms with E-state index in [9.17, 15) is 13.2 Å². The third-order valence-corrected chi connectivity index (χ3v) is 7.62. The number of aryl methyl sites for hydroxylation is 1. The van der Waals surface area contributed by atoms with Gasteiger partial charge in [-0.1, -0.05) is 62.9 Å². The van der Waals surface area contributed by atoms with Crippen LogP contribution in [0.2, 0.25) is 0 Å². The molecule has 1 aromatic carbocycles. The molecule has 0 aliphatic heterocycles. The summed E-state index contributed by atoms with van der Waals surface area (Å²) in [6.07, 6.45) is 6.84. The summed E-state index contributed by atoms with van der Waals surface area (Å²) < 4.78 is 29.0. The molecular formula is C25H38N4O3S.